The third-order valence-electron chi connectivity index (χ3n) is 2.72. The van der Waals surface area contributed by atoms with E-state index in [1.54, 1.807) is 0 Å². The van der Waals surface area contributed by atoms with Gasteiger partial charge >= 0.3 is 101 Å². The average Bonchev–Trinajstić information content (AvgIpc) is 2.54. The van der Waals surface area contributed by atoms with Crippen LogP contribution in [0.3, 0.4) is 0 Å². The van der Waals surface area contributed by atoms with Crippen LogP contribution in [0, 0.1) is 7.14 Å². The van der Waals surface area contributed by atoms with Crippen LogP contribution in [-0.4, -0.2) is 22.2 Å². The predicted molar refractivity (Wildman–Crippen MR) is 84.0 cm³/mol. The molecule has 0 atom stereocenters. The van der Waals surface area contributed by atoms with Gasteiger partial charge in [-0.2, -0.15) is 0 Å². The van der Waals surface area contributed by atoms with Crippen LogP contribution in [0.2, 0.25) is 0 Å². The predicted octanol–water partition coefficient (Wildman–Crippen LogP) is 0.531. The molecule has 23 heavy (non-hydrogen) atoms. The molecule has 0 saturated heterocycles. The van der Waals surface area contributed by atoms with E-state index in [0.717, 1.165) is 0 Å². The van der Waals surface area contributed by atoms with E-state index in [-0.39, 0.29) is 34.0 Å². The Bertz CT molecular complexity index is 531. The molecule has 0 aliphatic rings. The van der Waals surface area contributed by atoms with Crippen LogP contribution in [0.1, 0.15) is 25.7 Å². The fraction of sp³-hybridized carbons (Fsp3) is 0.222. The normalized spacial score (nSPS) is 9.74. The molecule has 2 aromatic rings. The van der Waals surface area contributed by atoms with Gasteiger partial charge in [0.25, 0.3) is 0 Å². The molecule has 0 aromatic heterocycles. The summed E-state index contributed by atoms with van der Waals surface area (Å²) in [5, 5.41) is 16.3. The van der Waals surface area contributed by atoms with E-state index in [1.807, 2.05) is 0 Å². The summed E-state index contributed by atoms with van der Waals surface area (Å²) >= 11 is 0.0287. The molecule has 0 aliphatic carbocycles. The van der Waals surface area contributed by atoms with Gasteiger partial charge in [-0.3, -0.25) is 9.59 Å². The monoisotopic (exact) mass is 427 g/mol. The van der Waals surface area contributed by atoms with Gasteiger partial charge in [0, 0.05) is 12.8 Å². The molecule has 0 unspecified atom stereocenters. The molecular weight excluding hydrogens is 407 g/mol. The maximum atomic E-state index is 9.90. The number of hydrogen-bond donors (Lipinski definition) is 2. The van der Waals surface area contributed by atoms with Gasteiger partial charge in [0.2, 0.25) is 0 Å². The summed E-state index contributed by atoms with van der Waals surface area (Å²) in [4.78, 5) is 19.8. The van der Waals surface area contributed by atoms with E-state index < -0.39 is 11.9 Å². The second-order valence-corrected chi connectivity index (χ2v) is 7.71. The van der Waals surface area contributed by atoms with Crippen LogP contribution in [-0.2, 0) is 9.59 Å². The summed E-state index contributed by atoms with van der Waals surface area (Å²) in [7, 11) is 0. The first-order valence-electron chi connectivity index (χ1n) is 7.26. The number of rotatable bonds is 7. The van der Waals surface area contributed by atoms with Crippen molar-refractivity contribution >= 4 is 11.9 Å². The van der Waals surface area contributed by atoms with Crippen molar-refractivity contribution in [1.82, 2.24) is 0 Å². The van der Waals surface area contributed by atoms with Crippen molar-refractivity contribution in [1.29, 1.82) is 0 Å². The third-order valence-corrected chi connectivity index (χ3v) is 5.40. The molecule has 0 heterocycles. The number of carbonyl (C=O) groups is 2. The van der Waals surface area contributed by atoms with E-state index >= 15 is 0 Å². The van der Waals surface area contributed by atoms with Crippen molar-refractivity contribution in [2.75, 3.05) is 0 Å². The molecule has 0 aliphatic heterocycles. The molecule has 2 rings (SSSR count). The number of carboxylic acids is 2. The average molecular weight is 427 g/mol. The first-order valence-corrected chi connectivity index (χ1v) is 9.42. The zero-order valence-corrected chi connectivity index (χ0v) is 14.8. The molecular formula is C18H20IO4-. The summed E-state index contributed by atoms with van der Waals surface area (Å²) in [6.07, 6.45) is 1.02. The maximum absolute atomic E-state index is 9.90. The second-order valence-electron chi connectivity index (χ2n) is 4.68. The molecule has 0 saturated carbocycles. The van der Waals surface area contributed by atoms with Gasteiger partial charge < -0.3 is 10.2 Å². The van der Waals surface area contributed by atoms with Crippen molar-refractivity contribution in [3.63, 3.8) is 0 Å². The molecule has 124 valence electrons. The van der Waals surface area contributed by atoms with Crippen molar-refractivity contribution in [2.24, 2.45) is 0 Å². The van der Waals surface area contributed by atoms with Crippen LogP contribution < -0.4 is 21.2 Å². The van der Waals surface area contributed by atoms with Gasteiger partial charge in [-0.15, -0.1) is 0 Å². The summed E-state index contributed by atoms with van der Waals surface area (Å²) in [5.41, 5.74) is 0. The van der Waals surface area contributed by atoms with Crippen LogP contribution in [0.25, 0.3) is 0 Å². The molecule has 0 fully saturated rings. The molecule has 0 spiro atoms. The number of halogens is 1. The Morgan fingerprint density at radius 3 is 1.35 bits per heavy atom. The van der Waals surface area contributed by atoms with Gasteiger partial charge in [-0.05, 0) is 12.8 Å². The van der Waals surface area contributed by atoms with E-state index in [1.165, 1.54) is 7.14 Å². The molecule has 4 nitrogen and oxygen atoms in total. The van der Waals surface area contributed by atoms with Crippen LogP contribution in [0.5, 0.6) is 0 Å². The first-order chi connectivity index (χ1) is 11.1. The van der Waals surface area contributed by atoms with Gasteiger partial charge in [0.1, 0.15) is 0 Å². The topological polar surface area (TPSA) is 74.6 Å². The Labute approximate surface area is 146 Å². The Balaban J connectivity index is 0.000000241. The van der Waals surface area contributed by atoms with E-state index in [2.05, 4.69) is 60.7 Å². The first kappa shape index (κ1) is 19.2. The Kier molecular flexibility index (Phi) is 9.70. The molecule has 0 bridgehead atoms. The minimum absolute atomic E-state index is 0.0287. The van der Waals surface area contributed by atoms with Gasteiger partial charge in [-0.1, -0.05) is 0 Å². The fourth-order valence-electron chi connectivity index (χ4n) is 1.63. The standard InChI is InChI=1S/C12H10I.C6H10O4/c1-3-7-11(8-4-1)13-12-9-5-2-6-10-12;7-5(8)3-1-2-4-6(9)10/h1-10H;1-4H2,(H,7,8)(H,9,10)/q-1;. The summed E-state index contributed by atoms with van der Waals surface area (Å²) in [6, 6.07) is 21.4. The minimum atomic E-state index is -0.870. The zero-order chi connectivity index (χ0) is 16.9. The quantitative estimate of drug-likeness (QED) is 0.500. The molecule has 5 heteroatoms. The van der Waals surface area contributed by atoms with Crippen molar-refractivity contribution in [3.8, 4) is 0 Å². The summed E-state index contributed by atoms with van der Waals surface area (Å²) < 4.78 is 2.96. The Morgan fingerprint density at radius 2 is 1.04 bits per heavy atom. The Morgan fingerprint density at radius 1 is 0.696 bits per heavy atom. The van der Waals surface area contributed by atoms with Crippen molar-refractivity contribution in [3.05, 3.63) is 67.8 Å². The van der Waals surface area contributed by atoms with Crippen LogP contribution >= 0.6 is 0 Å². The molecule has 0 radical (unpaired) electrons. The molecule has 0 amide bonds. The van der Waals surface area contributed by atoms with Gasteiger partial charge in [0.05, 0.1) is 0 Å². The second kappa shape index (κ2) is 11.6. The number of carboxylic acid groups (broad SMARTS) is 2. The summed E-state index contributed by atoms with van der Waals surface area (Å²) in [5.74, 6) is -1.74. The SMILES string of the molecule is O=C(O)CCCCC(=O)O.c1ccc([I-]c2ccccc2)cc1. The molecule has 2 aromatic carbocycles. The van der Waals surface area contributed by atoms with E-state index in [0.29, 0.717) is 12.8 Å². The fourth-order valence-corrected chi connectivity index (χ4v) is 3.90. The van der Waals surface area contributed by atoms with E-state index in [4.69, 9.17) is 10.2 Å². The zero-order valence-electron chi connectivity index (χ0n) is 12.7. The van der Waals surface area contributed by atoms with Crippen molar-refractivity contribution < 1.29 is 41.0 Å². The number of aliphatic carboxylic acids is 2. The van der Waals surface area contributed by atoms with Crippen LogP contribution in [0.15, 0.2) is 60.7 Å². The summed E-state index contributed by atoms with van der Waals surface area (Å²) in [6.45, 7) is 0. The Hall–Kier alpha value is -1.89. The molecule has 2 N–H and O–H groups in total. The number of hydrogen-bond acceptors (Lipinski definition) is 2. The van der Waals surface area contributed by atoms with Crippen molar-refractivity contribution in [2.45, 2.75) is 25.7 Å². The third kappa shape index (κ3) is 10.5. The van der Waals surface area contributed by atoms with E-state index in [9.17, 15) is 9.59 Å². The van der Waals surface area contributed by atoms with Gasteiger partial charge in [0.15, 0.2) is 0 Å². The van der Waals surface area contributed by atoms with Gasteiger partial charge in [-0.25, -0.2) is 0 Å². The number of benzene rings is 2. The number of unbranched alkanes of at least 4 members (excludes halogenated alkanes) is 1. The van der Waals surface area contributed by atoms with Crippen LogP contribution in [0.4, 0.5) is 0 Å².